The second-order valence-electron chi connectivity index (χ2n) is 3.68. The highest BCUT2D eigenvalue weighted by molar-refractivity contribution is 6.17. The topological polar surface area (TPSA) is 37.3 Å². The number of halogens is 1. The molecule has 3 heteroatoms. The van der Waals surface area contributed by atoms with Crippen LogP contribution in [0.25, 0.3) is 0 Å². The summed E-state index contributed by atoms with van der Waals surface area (Å²) in [6, 6.07) is 5.98. The van der Waals surface area contributed by atoms with Crippen molar-refractivity contribution in [2.24, 2.45) is 5.92 Å². The van der Waals surface area contributed by atoms with E-state index in [0.717, 1.165) is 16.7 Å². The molecule has 0 heterocycles. The van der Waals surface area contributed by atoms with E-state index in [1.807, 2.05) is 18.2 Å². The van der Waals surface area contributed by atoms with Crippen LogP contribution >= 0.6 is 11.6 Å². The first-order chi connectivity index (χ1) is 6.70. The lowest BCUT2D eigenvalue weighted by Gasteiger charge is -2.00. The number of carboxylic acid groups (broad SMARTS) is 1. The number of alkyl halides is 1. The average Bonchev–Trinajstić information content (AvgIpc) is 2.59. The minimum atomic E-state index is -0.700. The van der Waals surface area contributed by atoms with Crippen LogP contribution < -0.4 is 0 Å². The fourth-order valence-corrected chi connectivity index (χ4v) is 2.10. The van der Waals surface area contributed by atoms with Gasteiger partial charge in [0.25, 0.3) is 0 Å². The SMILES string of the molecule is O=C(O)C1Cc2ccc(CCl)cc2C1. The molecule has 0 radical (unpaired) electrons. The summed E-state index contributed by atoms with van der Waals surface area (Å²) in [6.07, 6.45) is 1.31. The van der Waals surface area contributed by atoms with Crippen molar-refractivity contribution >= 4 is 17.6 Å². The van der Waals surface area contributed by atoms with Crippen LogP contribution in [0.3, 0.4) is 0 Å². The fourth-order valence-electron chi connectivity index (χ4n) is 1.93. The van der Waals surface area contributed by atoms with Gasteiger partial charge in [-0.3, -0.25) is 4.79 Å². The Hall–Kier alpha value is -1.02. The number of hydrogen-bond donors (Lipinski definition) is 1. The highest BCUT2D eigenvalue weighted by atomic mass is 35.5. The van der Waals surface area contributed by atoms with E-state index in [-0.39, 0.29) is 5.92 Å². The quantitative estimate of drug-likeness (QED) is 0.761. The Morgan fingerprint density at radius 2 is 2.14 bits per heavy atom. The zero-order valence-corrected chi connectivity index (χ0v) is 8.42. The van der Waals surface area contributed by atoms with Crippen LogP contribution in [0, 0.1) is 5.92 Å². The molecule has 1 aliphatic carbocycles. The third kappa shape index (κ3) is 1.62. The molecule has 2 rings (SSSR count). The van der Waals surface area contributed by atoms with E-state index in [4.69, 9.17) is 16.7 Å². The molecule has 14 heavy (non-hydrogen) atoms. The number of hydrogen-bond acceptors (Lipinski definition) is 1. The lowest BCUT2D eigenvalue weighted by Crippen LogP contribution is -2.12. The normalized spacial score (nSPS) is 19.4. The van der Waals surface area contributed by atoms with Crippen LogP contribution in [0.4, 0.5) is 0 Å². The third-order valence-electron chi connectivity index (χ3n) is 2.71. The maximum absolute atomic E-state index is 10.8. The van der Waals surface area contributed by atoms with Gasteiger partial charge in [-0.25, -0.2) is 0 Å². The number of carbonyl (C=O) groups is 1. The summed E-state index contributed by atoms with van der Waals surface area (Å²) in [5.41, 5.74) is 3.37. The molecular weight excluding hydrogens is 200 g/mol. The van der Waals surface area contributed by atoms with Crippen LogP contribution in [-0.2, 0) is 23.5 Å². The van der Waals surface area contributed by atoms with Gasteiger partial charge in [-0.05, 0) is 29.5 Å². The zero-order valence-electron chi connectivity index (χ0n) is 7.66. The van der Waals surface area contributed by atoms with Gasteiger partial charge >= 0.3 is 5.97 Å². The maximum Gasteiger partial charge on any atom is 0.307 e. The average molecular weight is 211 g/mol. The van der Waals surface area contributed by atoms with E-state index in [1.54, 1.807) is 0 Å². The van der Waals surface area contributed by atoms with Gasteiger partial charge in [0.15, 0.2) is 0 Å². The second-order valence-corrected chi connectivity index (χ2v) is 3.95. The van der Waals surface area contributed by atoms with E-state index >= 15 is 0 Å². The fraction of sp³-hybridized carbons (Fsp3) is 0.364. The Labute approximate surface area is 87.5 Å². The second kappa shape index (κ2) is 3.62. The number of aliphatic carboxylic acids is 1. The minimum absolute atomic E-state index is 0.240. The molecule has 0 aliphatic heterocycles. The van der Waals surface area contributed by atoms with Crippen molar-refractivity contribution in [1.82, 2.24) is 0 Å². The van der Waals surface area contributed by atoms with Gasteiger partial charge in [-0.15, -0.1) is 11.6 Å². The lowest BCUT2D eigenvalue weighted by molar-refractivity contribution is -0.141. The summed E-state index contributed by atoms with van der Waals surface area (Å²) in [7, 11) is 0. The smallest absolute Gasteiger partial charge is 0.307 e. The highest BCUT2D eigenvalue weighted by Crippen LogP contribution is 2.28. The Bertz CT molecular complexity index is 374. The van der Waals surface area contributed by atoms with Crippen molar-refractivity contribution in [2.45, 2.75) is 18.7 Å². The molecule has 0 saturated heterocycles. The summed E-state index contributed by atoms with van der Waals surface area (Å²) < 4.78 is 0. The first-order valence-corrected chi connectivity index (χ1v) is 5.13. The molecule has 0 saturated carbocycles. The summed E-state index contributed by atoms with van der Waals surface area (Å²) in [6.45, 7) is 0. The molecule has 74 valence electrons. The van der Waals surface area contributed by atoms with Gasteiger partial charge in [-0.2, -0.15) is 0 Å². The van der Waals surface area contributed by atoms with E-state index < -0.39 is 5.97 Å². The molecule has 0 amide bonds. The van der Waals surface area contributed by atoms with Crippen LogP contribution in [0.15, 0.2) is 18.2 Å². The Balaban J connectivity index is 2.27. The molecule has 1 aliphatic rings. The lowest BCUT2D eigenvalue weighted by atomic mass is 10.1. The van der Waals surface area contributed by atoms with Crippen molar-refractivity contribution in [2.75, 3.05) is 0 Å². The van der Waals surface area contributed by atoms with Crippen molar-refractivity contribution in [3.8, 4) is 0 Å². The van der Waals surface area contributed by atoms with Crippen molar-refractivity contribution < 1.29 is 9.90 Å². The van der Waals surface area contributed by atoms with E-state index in [1.165, 1.54) is 0 Å². The molecule has 2 nitrogen and oxygen atoms in total. The first kappa shape index (κ1) is 9.53. The number of rotatable bonds is 2. The van der Waals surface area contributed by atoms with Gasteiger partial charge < -0.3 is 5.11 Å². The molecule has 1 aromatic rings. The Kier molecular flexibility index (Phi) is 2.46. The first-order valence-electron chi connectivity index (χ1n) is 4.60. The van der Waals surface area contributed by atoms with Gasteiger partial charge in [0.2, 0.25) is 0 Å². The third-order valence-corrected chi connectivity index (χ3v) is 3.02. The van der Waals surface area contributed by atoms with Crippen LogP contribution in [-0.4, -0.2) is 11.1 Å². The predicted octanol–water partition coefficient (Wildman–Crippen LogP) is 2.22. The molecule has 1 aromatic carbocycles. The molecule has 1 atom stereocenters. The van der Waals surface area contributed by atoms with Crippen LogP contribution in [0.2, 0.25) is 0 Å². The predicted molar refractivity (Wildman–Crippen MR) is 54.5 cm³/mol. The maximum atomic E-state index is 10.8. The number of fused-ring (bicyclic) bond motifs is 1. The van der Waals surface area contributed by atoms with Crippen LogP contribution in [0.1, 0.15) is 16.7 Å². The Morgan fingerprint density at radius 3 is 2.79 bits per heavy atom. The van der Waals surface area contributed by atoms with Crippen LogP contribution in [0.5, 0.6) is 0 Å². The molecular formula is C11H11ClO2. The highest BCUT2D eigenvalue weighted by Gasteiger charge is 2.26. The largest absolute Gasteiger partial charge is 0.481 e. The molecule has 0 spiro atoms. The van der Waals surface area contributed by atoms with Crippen molar-refractivity contribution in [3.05, 3.63) is 34.9 Å². The number of benzene rings is 1. The van der Waals surface area contributed by atoms with Gasteiger partial charge in [0.05, 0.1) is 5.92 Å². The molecule has 0 fully saturated rings. The Morgan fingerprint density at radius 1 is 1.43 bits per heavy atom. The standard InChI is InChI=1S/C11H11ClO2/c12-6-7-1-2-8-4-10(11(13)14)5-9(8)3-7/h1-3,10H,4-6H2,(H,13,14). The summed E-state index contributed by atoms with van der Waals surface area (Å²) >= 11 is 5.71. The van der Waals surface area contributed by atoms with E-state index in [2.05, 4.69) is 0 Å². The molecule has 1 N–H and O–H groups in total. The van der Waals surface area contributed by atoms with Crippen molar-refractivity contribution in [1.29, 1.82) is 0 Å². The number of carboxylic acids is 1. The minimum Gasteiger partial charge on any atom is -0.481 e. The summed E-state index contributed by atoms with van der Waals surface area (Å²) in [5.74, 6) is -0.449. The monoisotopic (exact) mass is 210 g/mol. The van der Waals surface area contributed by atoms with Gasteiger partial charge in [-0.1, -0.05) is 18.2 Å². The van der Waals surface area contributed by atoms with Gasteiger partial charge in [0, 0.05) is 5.88 Å². The molecule has 0 bridgehead atoms. The summed E-state index contributed by atoms with van der Waals surface area (Å²) in [5, 5.41) is 8.89. The zero-order chi connectivity index (χ0) is 10.1. The van der Waals surface area contributed by atoms with E-state index in [9.17, 15) is 4.79 Å². The van der Waals surface area contributed by atoms with Gasteiger partial charge in [0.1, 0.15) is 0 Å². The molecule has 0 aromatic heterocycles. The van der Waals surface area contributed by atoms with Crippen molar-refractivity contribution in [3.63, 3.8) is 0 Å². The molecule has 1 unspecified atom stereocenters. The van der Waals surface area contributed by atoms with E-state index in [0.29, 0.717) is 18.7 Å². The summed E-state index contributed by atoms with van der Waals surface area (Å²) in [4.78, 5) is 10.8.